The number of Topliss-reactive ketones (excluding diaryl/α,β-unsaturated/α-hetero) is 1. The summed E-state index contributed by atoms with van der Waals surface area (Å²) < 4.78 is 18.4. The van der Waals surface area contributed by atoms with Crippen LogP contribution < -0.4 is 15.1 Å². The molecule has 0 amide bonds. The van der Waals surface area contributed by atoms with Crippen molar-refractivity contribution >= 4 is 27.7 Å². The third kappa shape index (κ3) is 3.14. The number of carbonyl (C=O) groups is 1. The van der Waals surface area contributed by atoms with Crippen molar-refractivity contribution in [3.05, 3.63) is 69.2 Å². The van der Waals surface area contributed by atoms with Crippen molar-refractivity contribution in [3.63, 3.8) is 0 Å². The van der Waals surface area contributed by atoms with Gasteiger partial charge in [-0.1, -0.05) is 0 Å². The number of rotatable bonds is 5. The first-order valence-corrected chi connectivity index (χ1v) is 9.65. The number of hydrogen-bond donors (Lipinski definition) is 0. The molecule has 0 atom stereocenters. The van der Waals surface area contributed by atoms with Crippen molar-refractivity contribution in [3.8, 4) is 11.5 Å². The number of fused-ring (bicyclic) bond motifs is 2. The highest BCUT2D eigenvalue weighted by Crippen LogP contribution is 2.29. The summed E-state index contributed by atoms with van der Waals surface area (Å²) in [6, 6.07) is 10.9. The van der Waals surface area contributed by atoms with E-state index >= 15 is 0 Å². The van der Waals surface area contributed by atoms with Crippen LogP contribution in [0.2, 0.25) is 0 Å². The lowest BCUT2D eigenvalue weighted by Gasteiger charge is -2.09. The molecule has 0 spiro atoms. The first-order valence-electron chi connectivity index (χ1n) is 9.65. The molecule has 2 aromatic heterocycles. The third-order valence-corrected chi connectivity index (χ3v) is 5.78. The number of ketones is 1. The lowest BCUT2D eigenvalue weighted by Crippen LogP contribution is -2.13. The zero-order valence-corrected chi connectivity index (χ0v) is 17.7. The van der Waals surface area contributed by atoms with Gasteiger partial charge in [-0.3, -0.25) is 4.79 Å². The van der Waals surface area contributed by atoms with Crippen molar-refractivity contribution in [1.82, 2.24) is 4.57 Å². The topological polar surface area (TPSA) is 70.7 Å². The highest BCUT2D eigenvalue weighted by Gasteiger charge is 2.20. The highest BCUT2D eigenvalue weighted by atomic mass is 16.5. The summed E-state index contributed by atoms with van der Waals surface area (Å²) in [6.45, 7) is 5.41. The number of nitrogens with zero attached hydrogens (tertiary/aromatic N) is 1. The Morgan fingerprint density at radius 2 is 1.73 bits per heavy atom. The van der Waals surface area contributed by atoms with Gasteiger partial charge in [-0.2, -0.15) is 0 Å². The average Bonchev–Trinajstić information content (AvgIpc) is 2.99. The first kappa shape index (κ1) is 19.8. The molecule has 0 aliphatic rings. The van der Waals surface area contributed by atoms with Gasteiger partial charge >= 0.3 is 5.63 Å². The summed E-state index contributed by atoms with van der Waals surface area (Å²) in [6.07, 6.45) is 0. The second-order valence-corrected chi connectivity index (χ2v) is 7.41. The van der Waals surface area contributed by atoms with Crippen LogP contribution in [0.25, 0.3) is 21.9 Å². The van der Waals surface area contributed by atoms with Crippen LogP contribution in [-0.2, 0) is 7.05 Å². The minimum atomic E-state index is -0.367. The molecule has 0 aliphatic heterocycles. The van der Waals surface area contributed by atoms with Gasteiger partial charge in [0, 0.05) is 46.2 Å². The predicted molar refractivity (Wildman–Crippen MR) is 116 cm³/mol. The van der Waals surface area contributed by atoms with E-state index in [1.165, 1.54) is 0 Å². The van der Waals surface area contributed by atoms with Crippen molar-refractivity contribution in [1.29, 1.82) is 0 Å². The number of methoxy groups -OCH3 is 1. The van der Waals surface area contributed by atoms with E-state index in [0.29, 0.717) is 28.2 Å². The molecule has 0 radical (unpaired) electrons. The van der Waals surface area contributed by atoms with Gasteiger partial charge in [-0.05, 0) is 56.7 Å². The van der Waals surface area contributed by atoms with Gasteiger partial charge in [0.2, 0.25) is 5.78 Å². The fourth-order valence-electron chi connectivity index (χ4n) is 3.77. The number of aryl methyl sites for hydroxylation is 2. The van der Waals surface area contributed by atoms with E-state index in [1.807, 2.05) is 49.7 Å². The maximum atomic E-state index is 13.0. The van der Waals surface area contributed by atoms with E-state index in [0.717, 1.165) is 27.5 Å². The number of carbonyl (C=O) groups excluding carboxylic acids is 1. The summed E-state index contributed by atoms with van der Waals surface area (Å²) in [4.78, 5) is 25.0. The molecule has 0 saturated heterocycles. The predicted octanol–water partition coefficient (Wildman–Crippen LogP) is 4.48. The van der Waals surface area contributed by atoms with Gasteiger partial charge in [-0.15, -0.1) is 0 Å². The Labute approximate surface area is 173 Å². The lowest BCUT2D eigenvalue weighted by molar-refractivity contribution is 0.0922. The molecule has 0 bridgehead atoms. The minimum Gasteiger partial charge on any atom is -0.497 e. The van der Waals surface area contributed by atoms with Crippen LogP contribution >= 0.6 is 0 Å². The van der Waals surface area contributed by atoms with Gasteiger partial charge in [-0.25, -0.2) is 4.79 Å². The fraction of sp³-hybridized carbons (Fsp3) is 0.250. The smallest absolute Gasteiger partial charge is 0.339 e. The monoisotopic (exact) mass is 405 g/mol. The van der Waals surface area contributed by atoms with Crippen molar-refractivity contribution in [2.24, 2.45) is 7.05 Å². The van der Waals surface area contributed by atoms with E-state index in [4.69, 9.17) is 13.9 Å². The summed E-state index contributed by atoms with van der Waals surface area (Å²) >= 11 is 0. The second-order valence-electron chi connectivity index (χ2n) is 7.41. The Bertz CT molecular complexity index is 1360. The zero-order valence-electron chi connectivity index (χ0n) is 17.7. The highest BCUT2D eigenvalue weighted by molar-refractivity contribution is 6.10. The van der Waals surface area contributed by atoms with Crippen molar-refractivity contribution in [2.45, 2.75) is 20.8 Å². The molecule has 2 heterocycles. The largest absolute Gasteiger partial charge is 0.497 e. The molecule has 0 fully saturated rings. The van der Waals surface area contributed by atoms with E-state index < -0.39 is 0 Å². The molecule has 0 N–H and O–H groups in total. The van der Waals surface area contributed by atoms with Gasteiger partial charge < -0.3 is 18.5 Å². The molecule has 154 valence electrons. The van der Waals surface area contributed by atoms with E-state index in [2.05, 4.69) is 0 Å². The normalized spacial score (nSPS) is 11.2. The van der Waals surface area contributed by atoms with E-state index in [-0.39, 0.29) is 18.0 Å². The number of ether oxygens (including phenoxy) is 2. The van der Waals surface area contributed by atoms with Gasteiger partial charge in [0.15, 0.2) is 6.61 Å². The molecule has 0 saturated carbocycles. The van der Waals surface area contributed by atoms with Crippen molar-refractivity contribution < 1.29 is 18.7 Å². The molecule has 6 heteroatoms. The SMILES string of the molecule is COc1ccc2c(c1)c(C(=O)COc1ccc3c(C)c(C)c(=O)oc3c1)c(C)n2C. The molecule has 6 nitrogen and oxygen atoms in total. The van der Waals surface area contributed by atoms with Crippen LogP contribution in [0.1, 0.15) is 27.2 Å². The summed E-state index contributed by atoms with van der Waals surface area (Å²) in [7, 11) is 3.53. The molecule has 0 aliphatic carbocycles. The van der Waals surface area contributed by atoms with Crippen LogP contribution in [0, 0.1) is 20.8 Å². The maximum Gasteiger partial charge on any atom is 0.339 e. The molecular weight excluding hydrogens is 382 g/mol. The van der Waals surface area contributed by atoms with Crippen LogP contribution in [0.4, 0.5) is 0 Å². The van der Waals surface area contributed by atoms with Gasteiger partial charge in [0.1, 0.15) is 17.1 Å². The minimum absolute atomic E-state index is 0.127. The fourth-order valence-corrected chi connectivity index (χ4v) is 3.77. The summed E-state index contributed by atoms with van der Waals surface area (Å²) in [5.74, 6) is 1.03. The van der Waals surface area contributed by atoms with Crippen molar-refractivity contribution in [2.75, 3.05) is 13.7 Å². The van der Waals surface area contributed by atoms with Crippen LogP contribution in [-0.4, -0.2) is 24.1 Å². The quantitative estimate of drug-likeness (QED) is 0.362. The Balaban J connectivity index is 1.65. The standard InChI is InChI=1S/C24H23NO5/c1-13-14(2)24(27)30-22-11-17(6-8-18(13)22)29-12-21(26)23-15(3)25(4)20-9-7-16(28-5)10-19(20)23/h6-11H,12H2,1-5H3. The number of hydrogen-bond acceptors (Lipinski definition) is 5. The summed E-state index contributed by atoms with van der Waals surface area (Å²) in [5, 5.41) is 1.68. The Morgan fingerprint density at radius 1 is 1.00 bits per heavy atom. The summed E-state index contributed by atoms with van der Waals surface area (Å²) in [5.41, 5.74) is 3.98. The van der Waals surface area contributed by atoms with Crippen LogP contribution in [0.5, 0.6) is 11.5 Å². The zero-order chi connectivity index (χ0) is 21.6. The van der Waals surface area contributed by atoms with Gasteiger partial charge in [0.25, 0.3) is 0 Å². The lowest BCUT2D eigenvalue weighted by atomic mass is 10.1. The van der Waals surface area contributed by atoms with Crippen LogP contribution in [0.15, 0.2) is 45.6 Å². The maximum absolute atomic E-state index is 13.0. The Morgan fingerprint density at radius 3 is 2.47 bits per heavy atom. The second kappa shape index (κ2) is 7.37. The van der Waals surface area contributed by atoms with Gasteiger partial charge in [0.05, 0.1) is 7.11 Å². The van der Waals surface area contributed by atoms with E-state index in [9.17, 15) is 9.59 Å². The third-order valence-electron chi connectivity index (χ3n) is 5.78. The average molecular weight is 405 g/mol. The first-order chi connectivity index (χ1) is 14.3. The molecule has 4 aromatic rings. The molecular formula is C24H23NO5. The Hall–Kier alpha value is -3.54. The molecule has 2 aromatic carbocycles. The van der Waals surface area contributed by atoms with Crippen LogP contribution in [0.3, 0.4) is 0 Å². The Kier molecular flexibility index (Phi) is 4.86. The molecule has 0 unspecified atom stereocenters. The molecule has 4 rings (SSSR count). The number of benzene rings is 2. The number of aromatic nitrogens is 1. The molecule has 30 heavy (non-hydrogen) atoms. The van der Waals surface area contributed by atoms with E-state index in [1.54, 1.807) is 26.2 Å².